The van der Waals surface area contributed by atoms with Crippen molar-refractivity contribution in [1.29, 1.82) is 0 Å². The van der Waals surface area contributed by atoms with Gasteiger partial charge >= 0.3 is 0 Å². The second kappa shape index (κ2) is 6.71. The van der Waals surface area contributed by atoms with Gasteiger partial charge in [0.25, 0.3) is 0 Å². The minimum absolute atomic E-state index is 0.555. The lowest BCUT2D eigenvalue weighted by atomic mass is 10.4. The van der Waals surface area contributed by atoms with Crippen LogP contribution in [-0.4, -0.2) is 26.2 Å². The first kappa shape index (κ1) is 12.5. The summed E-state index contributed by atoms with van der Waals surface area (Å²) in [6, 6.07) is 10.5. The van der Waals surface area contributed by atoms with Crippen molar-refractivity contribution >= 4 is 23.5 Å². The molecule has 1 atom stereocenters. The van der Waals surface area contributed by atoms with E-state index in [1.54, 1.807) is 18.1 Å². The van der Waals surface area contributed by atoms with Gasteiger partial charge in [-0.1, -0.05) is 36.9 Å². The van der Waals surface area contributed by atoms with Gasteiger partial charge < -0.3 is 0 Å². The number of aromatic amines is 1. The molecule has 1 aromatic heterocycles. The molecule has 0 saturated carbocycles. The van der Waals surface area contributed by atoms with Crippen molar-refractivity contribution in [2.75, 3.05) is 5.75 Å². The standard InChI is InChI=1S/C12H15N3S2/c1-10(17-12-13-9-14-15-12)7-8-16-11-5-3-2-4-6-11/h2-6,9-10H,7-8H2,1H3,(H,13,14,15). The molecular formula is C12H15N3S2. The number of hydrogen-bond donors (Lipinski definition) is 1. The lowest BCUT2D eigenvalue weighted by Crippen LogP contribution is -1.98. The van der Waals surface area contributed by atoms with Crippen molar-refractivity contribution in [2.45, 2.75) is 28.6 Å². The molecule has 5 heteroatoms. The Morgan fingerprint density at radius 3 is 2.82 bits per heavy atom. The van der Waals surface area contributed by atoms with Gasteiger partial charge in [-0.3, -0.25) is 5.10 Å². The molecular weight excluding hydrogens is 250 g/mol. The van der Waals surface area contributed by atoms with Crippen LogP contribution in [0.25, 0.3) is 0 Å². The van der Waals surface area contributed by atoms with Crippen molar-refractivity contribution in [3.05, 3.63) is 36.7 Å². The highest BCUT2D eigenvalue weighted by Gasteiger charge is 2.06. The Morgan fingerprint density at radius 2 is 2.12 bits per heavy atom. The summed E-state index contributed by atoms with van der Waals surface area (Å²) in [5.74, 6) is 1.13. The van der Waals surface area contributed by atoms with Crippen molar-refractivity contribution in [3.63, 3.8) is 0 Å². The van der Waals surface area contributed by atoms with Gasteiger partial charge in [0.2, 0.25) is 0 Å². The molecule has 0 bridgehead atoms. The molecule has 0 amide bonds. The topological polar surface area (TPSA) is 41.6 Å². The lowest BCUT2D eigenvalue weighted by molar-refractivity contribution is 0.896. The summed E-state index contributed by atoms with van der Waals surface area (Å²) < 4.78 is 0. The average molecular weight is 265 g/mol. The molecule has 90 valence electrons. The molecule has 1 N–H and O–H groups in total. The van der Waals surface area contributed by atoms with Gasteiger partial charge in [0.15, 0.2) is 5.16 Å². The van der Waals surface area contributed by atoms with E-state index in [-0.39, 0.29) is 0 Å². The first-order valence-electron chi connectivity index (χ1n) is 5.54. The fourth-order valence-corrected chi connectivity index (χ4v) is 3.40. The molecule has 0 fully saturated rings. The van der Waals surface area contributed by atoms with Crippen molar-refractivity contribution in [2.24, 2.45) is 0 Å². The quantitative estimate of drug-likeness (QED) is 0.812. The predicted octanol–water partition coefficient (Wildman–Crippen LogP) is 3.47. The largest absolute Gasteiger partial charge is 0.254 e. The number of H-pyrrole nitrogens is 1. The van der Waals surface area contributed by atoms with E-state index in [9.17, 15) is 0 Å². The maximum Gasteiger partial charge on any atom is 0.183 e. The molecule has 0 spiro atoms. The molecule has 0 aliphatic heterocycles. The van der Waals surface area contributed by atoms with Crippen LogP contribution in [0.3, 0.4) is 0 Å². The fourth-order valence-electron chi connectivity index (χ4n) is 1.36. The Morgan fingerprint density at radius 1 is 1.29 bits per heavy atom. The van der Waals surface area contributed by atoms with Gasteiger partial charge in [0, 0.05) is 10.1 Å². The Balaban J connectivity index is 1.68. The SMILES string of the molecule is CC(CCSc1ccccc1)Sc1ncn[nH]1. The van der Waals surface area contributed by atoms with Crippen LogP contribution < -0.4 is 0 Å². The first-order valence-corrected chi connectivity index (χ1v) is 7.41. The number of thioether (sulfide) groups is 2. The van der Waals surface area contributed by atoms with Gasteiger partial charge in [0.05, 0.1) is 0 Å². The Bertz CT molecular complexity index is 417. The summed E-state index contributed by atoms with van der Waals surface area (Å²) in [7, 11) is 0. The predicted molar refractivity (Wildman–Crippen MR) is 73.5 cm³/mol. The van der Waals surface area contributed by atoms with Crippen LogP contribution in [-0.2, 0) is 0 Å². The van der Waals surface area contributed by atoms with Crippen LogP contribution in [0.1, 0.15) is 13.3 Å². The summed E-state index contributed by atoms with van der Waals surface area (Å²) in [6.45, 7) is 2.22. The minimum Gasteiger partial charge on any atom is -0.254 e. The molecule has 1 heterocycles. The van der Waals surface area contributed by atoms with Crippen LogP contribution in [0.4, 0.5) is 0 Å². The second-order valence-electron chi connectivity index (χ2n) is 3.67. The zero-order valence-electron chi connectivity index (χ0n) is 9.67. The summed E-state index contributed by atoms with van der Waals surface area (Å²) in [6.07, 6.45) is 2.71. The molecule has 0 radical (unpaired) electrons. The highest BCUT2D eigenvalue weighted by Crippen LogP contribution is 2.24. The average Bonchev–Trinajstić information content (AvgIpc) is 2.83. The molecule has 2 rings (SSSR count). The number of hydrogen-bond acceptors (Lipinski definition) is 4. The van der Waals surface area contributed by atoms with Gasteiger partial charge in [-0.25, -0.2) is 4.98 Å². The fraction of sp³-hybridized carbons (Fsp3) is 0.333. The van der Waals surface area contributed by atoms with Crippen LogP contribution in [0.2, 0.25) is 0 Å². The van der Waals surface area contributed by atoms with Gasteiger partial charge in [-0.15, -0.1) is 11.8 Å². The minimum atomic E-state index is 0.555. The number of nitrogens with zero attached hydrogens (tertiary/aromatic N) is 2. The number of rotatable bonds is 6. The Hall–Kier alpha value is -0.940. The van der Waals surface area contributed by atoms with E-state index < -0.39 is 0 Å². The number of aromatic nitrogens is 3. The summed E-state index contributed by atoms with van der Waals surface area (Å²) in [5.41, 5.74) is 0. The third kappa shape index (κ3) is 4.44. The summed E-state index contributed by atoms with van der Waals surface area (Å²) in [5, 5.41) is 8.17. The second-order valence-corrected chi connectivity index (χ2v) is 6.26. The first-order chi connectivity index (χ1) is 8.34. The van der Waals surface area contributed by atoms with E-state index in [1.807, 2.05) is 17.8 Å². The Labute approximate surface area is 110 Å². The molecule has 0 aliphatic carbocycles. The van der Waals surface area contributed by atoms with E-state index in [0.29, 0.717) is 5.25 Å². The molecule has 1 unspecified atom stereocenters. The maximum atomic E-state index is 4.11. The molecule has 1 aromatic carbocycles. The third-order valence-corrected chi connectivity index (χ3v) is 4.35. The smallest absolute Gasteiger partial charge is 0.183 e. The summed E-state index contributed by atoms with van der Waals surface area (Å²) >= 11 is 3.64. The Kier molecular flexibility index (Phi) is 4.94. The van der Waals surface area contributed by atoms with Gasteiger partial charge in [-0.2, -0.15) is 5.10 Å². The molecule has 3 nitrogen and oxygen atoms in total. The maximum absolute atomic E-state index is 4.11. The van der Waals surface area contributed by atoms with E-state index in [2.05, 4.69) is 46.4 Å². The van der Waals surface area contributed by atoms with Crippen molar-refractivity contribution in [3.8, 4) is 0 Å². The van der Waals surface area contributed by atoms with E-state index in [4.69, 9.17) is 0 Å². The monoisotopic (exact) mass is 265 g/mol. The molecule has 0 saturated heterocycles. The highest BCUT2D eigenvalue weighted by molar-refractivity contribution is 8.00. The van der Waals surface area contributed by atoms with Crippen LogP contribution in [0.5, 0.6) is 0 Å². The van der Waals surface area contributed by atoms with Crippen molar-refractivity contribution in [1.82, 2.24) is 15.2 Å². The van der Waals surface area contributed by atoms with Gasteiger partial charge in [0.1, 0.15) is 6.33 Å². The van der Waals surface area contributed by atoms with Crippen LogP contribution in [0, 0.1) is 0 Å². The van der Waals surface area contributed by atoms with Gasteiger partial charge in [-0.05, 0) is 24.3 Å². The zero-order valence-corrected chi connectivity index (χ0v) is 11.3. The lowest BCUT2D eigenvalue weighted by Gasteiger charge is -2.08. The van der Waals surface area contributed by atoms with E-state index in [0.717, 1.165) is 17.3 Å². The number of nitrogens with one attached hydrogen (secondary N) is 1. The third-order valence-electron chi connectivity index (χ3n) is 2.24. The summed E-state index contributed by atoms with van der Waals surface area (Å²) in [4.78, 5) is 5.45. The van der Waals surface area contributed by atoms with Crippen LogP contribution in [0.15, 0.2) is 46.7 Å². The van der Waals surface area contributed by atoms with Crippen molar-refractivity contribution < 1.29 is 0 Å². The molecule has 2 aromatic rings. The molecule has 17 heavy (non-hydrogen) atoms. The van der Waals surface area contributed by atoms with E-state index in [1.165, 1.54) is 4.90 Å². The highest BCUT2D eigenvalue weighted by atomic mass is 32.2. The van der Waals surface area contributed by atoms with E-state index >= 15 is 0 Å². The molecule has 0 aliphatic rings. The van der Waals surface area contributed by atoms with Crippen LogP contribution >= 0.6 is 23.5 Å². The normalized spacial score (nSPS) is 12.5. The zero-order chi connectivity index (χ0) is 11.9. The number of benzene rings is 1.